The van der Waals surface area contributed by atoms with Crippen molar-refractivity contribution in [3.8, 4) is 0 Å². The summed E-state index contributed by atoms with van der Waals surface area (Å²) < 4.78 is 12.9. The fraction of sp³-hybridized carbons (Fsp3) is 0.263. The van der Waals surface area contributed by atoms with Crippen LogP contribution in [0.5, 0.6) is 0 Å². The van der Waals surface area contributed by atoms with E-state index >= 15 is 0 Å². The molecule has 0 heterocycles. The molecule has 0 spiro atoms. The van der Waals surface area contributed by atoms with Gasteiger partial charge in [0.05, 0.1) is 0 Å². The second-order valence-electron chi connectivity index (χ2n) is 5.46. The Labute approximate surface area is 147 Å². The van der Waals surface area contributed by atoms with Crippen LogP contribution in [0.3, 0.4) is 0 Å². The van der Waals surface area contributed by atoms with Gasteiger partial charge in [0.1, 0.15) is 5.82 Å². The number of rotatable bonds is 6. The number of hydrogen-bond acceptors (Lipinski definition) is 2. The Morgan fingerprint density at radius 1 is 0.920 bits per heavy atom. The van der Waals surface area contributed by atoms with Crippen LogP contribution in [0.2, 0.25) is 0 Å². The molecule has 2 aromatic rings. The molecule has 3 N–H and O–H groups in total. The maximum Gasteiger partial charge on any atom is 0.251 e. The summed E-state index contributed by atoms with van der Waals surface area (Å²) in [6, 6.07) is 13.8. The number of halogens is 1. The lowest BCUT2D eigenvalue weighted by Crippen LogP contribution is -2.36. The molecular weight excluding hydrogens is 319 g/mol. The molecule has 0 fully saturated rings. The van der Waals surface area contributed by atoms with E-state index in [-0.39, 0.29) is 11.7 Å². The van der Waals surface area contributed by atoms with Crippen molar-refractivity contribution in [1.82, 2.24) is 16.0 Å². The van der Waals surface area contributed by atoms with Crippen LogP contribution in [0.15, 0.2) is 53.5 Å². The Morgan fingerprint density at radius 2 is 1.44 bits per heavy atom. The highest BCUT2D eigenvalue weighted by molar-refractivity contribution is 5.94. The summed E-state index contributed by atoms with van der Waals surface area (Å²) in [6.07, 6.45) is 0. The van der Waals surface area contributed by atoms with E-state index in [2.05, 4.69) is 20.9 Å². The normalized spacial score (nSPS) is 11.1. The van der Waals surface area contributed by atoms with Crippen molar-refractivity contribution >= 4 is 11.9 Å². The van der Waals surface area contributed by atoms with Gasteiger partial charge in [0.15, 0.2) is 5.96 Å². The molecule has 2 rings (SSSR count). The number of nitrogens with zero attached hydrogens (tertiary/aromatic N) is 1. The standard InChI is InChI=1S/C19H23FN4O/c1-3-22-18(25)16-8-4-14(5-9-16)12-23-19(21-2)24-13-15-6-10-17(20)11-7-15/h4-11H,3,12-13H2,1-2H3,(H,22,25)(H2,21,23,24). The van der Waals surface area contributed by atoms with E-state index in [9.17, 15) is 9.18 Å². The predicted molar refractivity (Wildman–Crippen MR) is 97.9 cm³/mol. The molecule has 5 nitrogen and oxygen atoms in total. The smallest absolute Gasteiger partial charge is 0.251 e. The third kappa shape index (κ3) is 5.91. The van der Waals surface area contributed by atoms with Crippen molar-refractivity contribution in [2.75, 3.05) is 13.6 Å². The fourth-order valence-corrected chi connectivity index (χ4v) is 2.23. The maximum atomic E-state index is 12.9. The summed E-state index contributed by atoms with van der Waals surface area (Å²) in [6.45, 7) is 3.63. The van der Waals surface area contributed by atoms with E-state index in [0.717, 1.165) is 11.1 Å². The minimum absolute atomic E-state index is 0.0706. The summed E-state index contributed by atoms with van der Waals surface area (Å²) >= 11 is 0. The number of carbonyl (C=O) groups is 1. The third-order valence-corrected chi connectivity index (χ3v) is 3.61. The van der Waals surface area contributed by atoms with Gasteiger partial charge in [-0.1, -0.05) is 24.3 Å². The molecule has 6 heteroatoms. The van der Waals surface area contributed by atoms with Gasteiger partial charge in [-0.15, -0.1) is 0 Å². The monoisotopic (exact) mass is 342 g/mol. The Balaban J connectivity index is 1.84. The summed E-state index contributed by atoms with van der Waals surface area (Å²) in [5.74, 6) is 0.332. The minimum atomic E-state index is -0.248. The number of aliphatic imine (C=N–C) groups is 1. The molecule has 1 amide bonds. The quantitative estimate of drug-likeness (QED) is 0.558. The molecule has 0 radical (unpaired) electrons. The first-order chi connectivity index (χ1) is 12.1. The zero-order valence-electron chi connectivity index (χ0n) is 14.5. The third-order valence-electron chi connectivity index (χ3n) is 3.61. The van der Waals surface area contributed by atoms with E-state index in [4.69, 9.17) is 0 Å². The molecule has 0 aliphatic carbocycles. The van der Waals surface area contributed by atoms with Crippen molar-refractivity contribution in [1.29, 1.82) is 0 Å². The molecule has 0 saturated heterocycles. The summed E-state index contributed by atoms with van der Waals surface area (Å²) in [4.78, 5) is 15.9. The summed E-state index contributed by atoms with van der Waals surface area (Å²) in [5, 5.41) is 9.15. The molecule has 0 aromatic heterocycles. The van der Waals surface area contributed by atoms with Crippen molar-refractivity contribution in [3.05, 3.63) is 71.0 Å². The Bertz CT molecular complexity index is 711. The van der Waals surface area contributed by atoms with Crippen molar-refractivity contribution in [3.63, 3.8) is 0 Å². The van der Waals surface area contributed by atoms with Crippen LogP contribution >= 0.6 is 0 Å². The molecule has 0 aliphatic heterocycles. The molecule has 0 unspecified atom stereocenters. The van der Waals surface area contributed by atoms with Gasteiger partial charge in [0.2, 0.25) is 0 Å². The average Bonchev–Trinajstić information content (AvgIpc) is 2.64. The predicted octanol–water partition coefficient (Wildman–Crippen LogP) is 2.44. The zero-order valence-corrected chi connectivity index (χ0v) is 14.5. The molecule has 0 bridgehead atoms. The van der Waals surface area contributed by atoms with Crippen LogP contribution in [0.25, 0.3) is 0 Å². The van der Waals surface area contributed by atoms with Crippen molar-refractivity contribution in [2.45, 2.75) is 20.0 Å². The lowest BCUT2D eigenvalue weighted by atomic mass is 10.1. The van der Waals surface area contributed by atoms with Crippen LogP contribution in [0.4, 0.5) is 4.39 Å². The van der Waals surface area contributed by atoms with Crippen LogP contribution in [-0.2, 0) is 13.1 Å². The first-order valence-electron chi connectivity index (χ1n) is 8.18. The van der Waals surface area contributed by atoms with Crippen LogP contribution < -0.4 is 16.0 Å². The van der Waals surface area contributed by atoms with E-state index in [0.29, 0.717) is 31.2 Å². The minimum Gasteiger partial charge on any atom is -0.352 e. The lowest BCUT2D eigenvalue weighted by molar-refractivity contribution is 0.0956. The highest BCUT2D eigenvalue weighted by Crippen LogP contribution is 2.05. The number of nitrogens with one attached hydrogen (secondary N) is 3. The second-order valence-corrected chi connectivity index (χ2v) is 5.46. The molecule has 0 aliphatic rings. The lowest BCUT2D eigenvalue weighted by Gasteiger charge is -2.12. The first-order valence-corrected chi connectivity index (χ1v) is 8.18. The number of guanidine groups is 1. The van der Waals surface area contributed by atoms with Gasteiger partial charge in [-0.25, -0.2) is 4.39 Å². The van der Waals surface area contributed by atoms with E-state index in [1.165, 1.54) is 12.1 Å². The first kappa shape index (κ1) is 18.4. The average molecular weight is 342 g/mol. The molecule has 132 valence electrons. The van der Waals surface area contributed by atoms with Gasteiger partial charge < -0.3 is 16.0 Å². The summed E-state index contributed by atoms with van der Waals surface area (Å²) in [5.41, 5.74) is 2.65. The zero-order chi connectivity index (χ0) is 18.1. The van der Waals surface area contributed by atoms with Gasteiger partial charge in [0, 0.05) is 32.2 Å². The fourth-order valence-electron chi connectivity index (χ4n) is 2.23. The largest absolute Gasteiger partial charge is 0.352 e. The number of benzene rings is 2. The van der Waals surface area contributed by atoms with Crippen molar-refractivity contribution < 1.29 is 9.18 Å². The Morgan fingerprint density at radius 3 is 1.92 bits per heavy atom. The molecule has 0 saturated carbocycles. The van der Waals surface area contributed by atoms with E-state index in [1.54, 1.807) is 31.3 Å². The number of amides is 1. The van der Waals surface area contributed by atoms with E-state index < -0.39 is 0 Å². The van der Waals surface area contributed by atoms with Crippen LogP contribution in [0.1, 0.15) is 28.4 Å². The Hall–Kier alpha value is -2.89. The highest BCUT2D eigenvalue weighted by atomic mass is 19.1. The highest BCUT2D eigenvalue weighted by Gasteiger charge is 2.04. The summed E-state index contributed by atoms with van der Waals surface area (Å²) in [7, 11) is 1.69. The van der Waals surface area contributed by atoms with Gasteiger partial charge in [-0.05, 0) is 42.3 Å². The number of hydrogen-bond donors (Lipinski definition) is 3. The molecule has 25 heavy (non-hydrogen) atoms. The second kappa shape index (κ2) is 9.42. The van der Waals surface area contributed by atoms with Crippen LogP contribution in [-0.4, -0.2) is 25.5 Å². The van der Waals surface area contributed by atoms with E-state index in [1.807, 2.05) is 19.1 Å². The number of carbonyl (C=O) groups excluding carboxylic acids is 1. The van der Waals surface area contributed by atoms with Gasteiger partial charge in [0.25, 0.3) is 5.91 Å². The molecule has 2 aromatic carbocycles. The molecule has 0 atom stereocenters. The maximum absolute atomic E-state index is 12.9. The van der Waals surface area contributed by atoms with Gasteiger partial charge >= 0.3 is 0 Å². The van der Waals surface area contributed by atoms with Gasteiger partial charge in [-0.2, -0.15) is 0 Å². The van der Waals surface area contributed by atoms with Crippen LogP contribution in [0, 0.1) is 5.82 Å². The topological polar surface area (TPSA) is 65.5 Å². The Kier molecular flexibility index (Phi) is 6.95. The van der Waals surface area contributed by atoms with Gasteiger partial charge in [-0.3, -0.25) is 9.79 Å². The molecular formula is C19H23FN4O. The SMILES string of the molecule is CCNC(=O)c1ccc(CNC(=NC)NCc2ccc(F)cc2)cc1. The van der Waals surface area contributed by atoms with Crippen molar-refractivity contribution in [2.24, 2.45) is 4.99 Å².